The number of aliphatic hydroxyl groups excluding tert-OH is 2. The Morgan fingerprint density at radius 1 is 1.04 bits per heavy atom. The third-order valence-corrected chi connectivity index (χ3v) is 4.58. The van der Waals surface area contributed by atoms with Gasteiger partial charge in [0.25, 0.3) is 0 Å². The molecule has 2 aromatic carbocycles. The van der Waals surface area contributed by atoms with Crippen molar-refractivity contribution in [1.29, 1.82) is 0 Å². The van der Waals surface area contributed by atoms with E-state index >= 15 is 0 Å². The molecule has 1 aliphatic heterocycles. The number of β-amino-alcohol motifs (C(OH)–C–C–N with tert-alkyl or cyclic N) is 1. The lowest BCUT2D eigenvalue weighted by Crippen LogP contribution is -2.43. The van der Waals surface area contributed by atoms with Crippen molar-refractivity contribution >= 4 is 0 Å². The highest BCUT2D eigenvalue weighted by Crippen LogP contribution is 2.15. The zero-order valence-electron chi connectivity index (χ0n) is 14.2. The second-order valence-electron chi connectivity index (χ2n) is 6.44. The molecule has 1 saturated heterocycles. The summed E-state index contributed by atoms with van der Waals surface area (Å²) >= 11 is 0. The average molecular weight is 342 g/mol. The van der Waals surface area contributed by atoms with E-state index in [1.807, 2.05) is 48.5 Å². The molecular formula is C20H26N2O3. The molecule has 5 nitrogen and oxygen atoms in total. The van der Waals surface area contributed by atoms with Crippen LogP contribution in [0.2, 0.25) is 0 Å². The van der Waals surface area contributed by atoms with Gasteiger partial charge in [0.05, 0.1) is 31.5 Å². The van der Waals surface area contributed by atoms with E-state index in [9.17, 15) is 10.2 Å². The first kappa shape index (κ1) is 18.0. The highest BCUT2D eigenvalue weighted by Gasteiger charge is 2.33. The minimum atomic E-state index is -0.742. The molecule has 3 rings (SSSR count). The smallest absolute Gasteiger partial charge is 0.0976 e. The summed E-state index contributed by atoms with van der Waals surface area (Å²) in [4.78, 5) is 0. The molecule has 0 bridgehead atoms. The summed E-state index contributed by atoms with van der Waals surface area (Å²) in [6, 6.07) is 20.1. The van der Waals surface area contributed by atoms with E-state index in [0.717, 1.165) is 11.1 Å². The van der Waals surface area contributed by atoms with Crippen molar-refractivity contribution in [1.82, 2.24) is 10.6 Å². The van der Waals surface area contributed by atoms with Crippen LogP contribution in [-0.2, 0) is 11.3 Å². The van der Waals surface area contributed by atoms with Crippen molar-refractivity contribution in [3.05, 3.63) is 71.8 Å². The Bertz CT molecular complexity index is 623. The van der Waals surface area contributed by atoms with E-state index < -0.39 is 12.2 Å². The fourth-order valence-corrected chi connectivity index (χ4v) is 3.07. The van der Waals surface area contributed by atoms with E-state index in [-0.39, 0.29) is 12.1 Å². The Morgan fingerprint density at radius 2 is 1.72 bits per heavy atom. The van der Waals surface area contributed by atoms with E-state index in [2.05, 4.69) is 22.8 Å². The molecule has 5 heteroatoms. The lowest BCUT2D eigenvalue weighted by Gasteiger charge is -2.23. The zero-order valence-corrected chi connectivity index (χ0v) is 14.2. The van der Waals surface area contributed by atoms with Gasteiger partial charge in [0, 0.05) is 19.1 Å². The molecule has 0 aromatic heterocycles. The molecular weight excluding hydrogens is 316 g/mol. The van der Waals surface area contributed by atoms with Crippen molar-refractivity contribution in [3.8, 4) is 0 Å². The van der Waals surface area contributed by atoms with Gasteiger partial charge >= 0.3 is 0 Å². The topological polar surface area (TPSA) is 73.8 Å². The molecule has 1 heterocycles. The van der Waals surface area contributed by atoms with Gasteiger partial charge in [-0.05, 0) is 11.1 Å². The first-order valence-corrected chi connectivity index (χ1v) is 8.73. The van der Waals surface area contributed by atoms with E-state index in [1.165, 1.54) is 0 Å². The normalized spacial score (nSPS) is 24.3. The van der Waals surface area contributed by atoms with Crippen LogP contribution in [0.5, 0.6) is 0 Å². The van der Waals surface area contributed by atoms with Crippen molar-refractivity contribution < 1.29 is 14.9 Å². The van der Waals surface area contributed by atoms with Crippen LogP contribution < -0.4 is 10.6 Å². The van der Waals surface area contributed by atoms with Gasteiger partial charge in [-0.15, -0.1) is 0 Å². The summed E-state index contributed by atoms with van der Waals surface area (Å²) in [5, 5.41) is 26.2. The first-order valence-electron chi connectivity index (χ1n) is 8.73. The molecule has 134 valence electrons. The SMILES string of the molecule is O[C@H]1[C@@H](O)CN[C@@H]1CNC(COCc1ccccc1)c1ccccc1. The molecule has 0 spiro atoms. The van der Waals surface area contributed by atoms with Gasteiger partial charge in [-0.1, -0.05) is 60.7 Å². The van der Waals surface area contributed by atoms with Crippen LogP contribution in [-0.4, -0.2) is 48.2 Å². The van der Waals surface area contributed by atoms with Crippen LogP contribution in [0, 0.1) is 0 Å². The zero-order chi connectivity index (χ0) is 17.5. The monoisotopic (exact) mass is 342 g/mol. The molecule has 4 atom stereocenters. The maximum atomic E-state index is 9.98. The molecule has 1 fully saturated rings. The molecule has 1 aliphatic rings. The predicted molar refractivity (Wildman–Crippen MR) is 97.1 cm³/mol. The Balaban J connectivity index is 1.56. The van der Waals surface area contributed by atoms with E-state index in [0.29, 0.717) is 26.3 Å². The van der Waals surface area contributed by atoms with Crippen molar-refractivity contribution in [2.45, 2.75) is 30.9 Å². The van der Waals surface area contributed by atoms with Gasteiger partial charge in [0.2, 0.25) is 0 Å². The number of aliphatic hydroxyl groups is 2. The quantitative estimate of drug-likeness (QED) is 0.581. The van der Waals surface area contributed by atoms with Gasteiger partial charge in [-0.2, -0.15) is 0 Å². The minimum Gasteiger partial charge on any atom is -0.389 e. The maximum absolute atomic E-state index is 9.98. The number of benzene rings is 2. The molecule has 0 amide bonds. The predicted octanol–water partition coefficient (Wildman–Crippen LogP) is 1.23. The summed E-state index contributed by atoms with van der Waals surface area (Å²) < 4.78 is 5.90. The largest absolute Gasteiger partial charge is 0.389 e. The molecule has 1 unspecified atom stereocenters. The fourth-order valence-electron chi connectivity index (χ4n) is 3.07. The number of ether oxygens (including phenoxy) is 1. The second kappa shape index (κ2) is 9.08. The van der Waals surface area contributed by atoms with Crippen molar-refractivity contribution in [2.75, 3.05) is 19.7 Å². The molecule has 2 aromatic rings. The third-order valence-electron chi connectivity index (χ3n) is 4.58. The Kier molecular flexibility index (Phi) is 6.55. The lowest BCUT2D eigenvalue weighted by molar-refractivity contribution is 0.0388. The number of hydrogen-bond donors (Lipinski definition) is 4. The maximum Gasteiger partial charge on any atom is 0.0976 e. The summed E-state index contributed by atoms with van der Waals surface area (Å²) in [7, 11) is 0. The number of nitrogens with one attached hydrogen (secondary N) is 2. The van der Waals surface area contributed by atoms with E-state index in [1.54, 1.807) is 0 Å². The Morgan fingerprint density at radius 3 is 2.36 bits per heavy atom. The number of hydrogen-bond acceptors (Lipinski definition) is 5. The van der Waals surface area contributed by atoms with Crippen molar-refractivity contribution in [3.63, 3.8) is 0 Å². The molecule has 0 saturated carbocycles. The van der Waals surface area contributed by atoms with Gasteiger partial charge in [-0.3, -0.25) is 0 Å². The van der Waals surface area contributed by atoms with Crippen LogP contribution >= 0.6 is 0 Å². The molecule has 0 radical (unpaired) electrons. The van der Waals surface area contributed by atoms with Gasteiger partial charge in [0.15, 0.2) is 0 Å². The van der Waals surface area contributed by atoms with E-state index in [4.69, 9.17) is 4.74 Å². The average Bonchev–Trinajstić information content (AvgIpc) is 2.98. The Hall–Kier alpha value is -1.76. The van der Waals surface area contributed by atoms with Crippen LogP contribution in [0.15, 0.2) is 60.7 Å². The standard InChI is InChI=1S/C20H26N2O3/c23-19-12-22-17(20(19)24)11-21-18(16-9-5-2-6-10-16)14-25-13-15-7-3-1-4-8-15/h1-10,17-24H,11-14H2/t17-,18?,19+,20-/m1/s1. The summed E-state index contributed by atoms with van der Waals surface area (Å²) in [6.07, 6.45) is -1.44. The highest BCUT2D eigenvalue weighted by atomic mass is 16.5. The van der Waals surface area contributed by atoms with Gasteiger partial charge in [-0.25, -0.2) is 0 Å². The van der Waals surface area contributed by atoms with Crippen LogP contribution in [0.25, 0.3) is 0 Å². The molecule has 0 aliphatic carbocycles. The van der Waals surface area contributed by atoms with Crippen LogP contribution in [0.3, 0.4) is 0 Å². The lowest BCUT2D eigenvalue weighted by atomic mass is 10.1. The first-order chi connectivity index (χ1) is 12.2. The summed E-state index contributed by atoms with van der Waals surface area (Å²) in [5.41, 5.74) is 2.29. The van der Waals surface area contributed by atoms with Gasteiger partial charge in [0.1, 0.15) is 0 Å². The van der Waals surface area contributed by atoms with Crippen LogP contribution in [0.4, 0.5) is 0 Å². The minimum absolute atomic E-state index is 0.0247. The number of rotatable bonds is 8. The van der Waals surface area contributed by atoms with Gasteiger partial charge < -0.3 is 25.6 Å². The fraction of sp³-hybridized carbons (Fsp3) is 0.400. The summed E-state index contributed by atoms with van der Waals surface area (Å²) in [5.74, 6) is 0. The second-order valence-corrected chi connectivity index (χ2v) is 6.44. The third kappa shape index (κ3) is 5.11. The molecule has 4 N–H and O–H groups in total. The Labute approximate surface area is 148 Å². The van der Waals surface area contributed by atoms with Crippen LogP contribution in [0.1, 0.15) is 17.2 Å². The summed E-state index contributed by atoms with van der Waals surface area (Å²) in [6.45, 7) is 2.08. The van der Waals surface area contributed by atoms with Crippen molar-refractivity contribution in [2.24, 2.45) is 0 Å². The highest BCUT2D eigenvalue weighted by molar-refractivity contribution is 5.19. The molecule has 25 heavy (non-hydrogen) atoms.